The van der Waals surface area contributed by atoms with E-state index in [4.69, 9.17) is 12.6 Å². The summed E-state index contributed by atoms with van der Waals surface area (Å²) in [7, 11) is 7.43. The largest absolute Gasteiger partial charge is 0.497 e. The minimum Gasteiger partial charge on any atom is -0.497 e. The monoisotopic (exact) mass is 174 g/mol. The molecule has 0 aliphatic carbocycles. The molecule has 0 fully saturated rings. The molecule has 68 valence electrons. The van der Waals surface area contributed by atoms with Crippen LogP contribution in [0.3, 0.4) is 0 Å². The van der Waals surface area contributed by atoms with E-state index in [0.717, 1.165) is 5.75 Å². The highest BCUT2D eigenvalue weighted by Crippen LogP contribution is 2.22. The van der Waals surface area contributed by atoms with Gasteiger partial charge in [0.1, 0.15) is 13.6 Å². The van der Waals surface area contributed by atoms with Crippen molar-refractivity contribution < 1.29 is 4.74 Å². The summed E-state index contributed by atoms with van der Waals surface area (Å²) in [5, 5.41) is 0. The minimum atomic E-state index is 0.139. The van der Waals surface area contributed by atoms with Crippen LogP contribution in [-0.2, 0) is 5.41 Å². The summed E-state index contributed by atoms with van der Waals surface area (Å²) in [5.74, 6) is 0.744. The molecule has 1 aromatic carbocycles. The fourth-order valence-electron chi connectivity index (χ4n) is 1.20. The van der Waals surface area contributed by atoms with Gasteiger partial charge in [0.15, 0.2) is 0 Å². The van der Waals surface area contributed by atoms with Crippen LogP contribution in [0.25, 0.3) is 0 Å². The quantitative estimate of drug-likeness (QED) is 0.589. The molecule has 0 heterocycles. The highest BCUT2D eigenvalue weighted by molar-refractivity contribution is 6.34. The van der Waals surface area contributed by atoms with Crippen molar-refractivity contribution in [2.24, 2.45) is 0 Å². The number of methoxy groups -OCH3 is 1. The molecule has 0 aliphatic rings. The third-order valence-corrected chi connectivity index (χ3v) is 2.10. The molecule has 0 bridgehead atoms. The molecule has 0 saturated heterocycles. The predicted octanol–water partition coefficient (Wildman–Crippen LogP) is 1.79. The summed E-state index contributed by atoms with van der Waals surface area (Å²) in [6.07, 6.45) is 0. The van der Waals surface area contributed by atoms with Crippen molar-refractivity contribution >= 4 is 13.3 Å². The van der Waals surface area contributed by atoms with E-state index in [1.165, 1.54) is 5.56 Å². The first-order valence-corrected chi connectivity index (χ1v) is 4.39. The average Bonchev–Trinajstić information content (AvgIpc) is 2.02. The molecule has 1 rings (SSSR count). The number of hydrogen-bond donors (Lipinski definition) is 0. The van der Waals surface area contributed by atoms with Crippen LogP contribution in [0.4, 0.5) is 0 Å². The maximum Gasteiger partial charge on any atom is 0.119 e. The molecule has 1 aromatic rings. The van der Waals surface area contributed by atoms with Crippen LogP contribution < -0.4 is 10.2 Å². The zero-order valence-electron chi connectivity index (χ0n) is 8.72. The maximum absolute atomic E-state index is 5.80. The Morgan fingerprint density at radius 3 is 2.23 bits per heavy atom. The highest BCUT2D eigenvalue weighted by Gasteiger charge is 2.13. The Morgan fingerprint density at radius 1 is 1.23 bits per heavy atom. The first-order valence-electron chi connectivity index (χ1n) is 4.39. The van der Waals surface area contributed by atoms with Crippen molar-refractivity contribution in [3.63, 3.8) is 0 Å². The van der Waals surface area contributed by atoms with E-state index in [1.54, 1.807) is 7.11 Å². The molecule has 2 heteroatoms. The lowest BCUT2D eigenvalue weighted by Crippen LogP contribution is -2.16. The number of hydrogen-bond acceptors (Lipinski definition) is 1. The molecule has 0 amide bonds. The Hall–Kier alpha value is -0.915. The van der Waals surface area contributed by atoms with Gasteiger partial charge in [-0.1, -0.05) is 38.4 Å². The Kier molecular flexibility index (Phi) is 2.70. The smallest absolute Gasteiger partial charge is 0.119 e. The van der Waals surface area contributed by atoms with Gasteiger partial charge in [-0.15, -0.1) is 0 Å². The Balaban J connectivity index is 3.10. The molecule has 0 aliphatic heterocycles. The van der Waals surface area contributed by atoms with Crippen LogP contribution in [0.5, 0.6) is 5.75 Å². The second kappa shape index (κ2) is 3.45. The SMILES string of the molecule is [B]c1cc(C(C)(C)C)ccc1OC. The van der Waals surface area contributed by atoms with Crippen molar-refractivity contribution in [1.82, 2.24) is 0 Å². The van der Waals surface area contributed by atoms with Crippen molar-refractivity contribution in [1.29, 1.82) is 0 Å². The molecule has 0 saturated carbocycles. The van der Waals surface area contributed by atoms with Crippen LogP contribution in [0.1, 0.15) is 26.3 Å². The van der Waals surface area contributed by atoms with Gasteiger partial charge in [-0.2, -0.15) is 0 Å². The molecule has 0 atom stereocenters. The molecule has 2 radical (unpaired) electrons. The maximum atomic E-state index is 5.80. The van der Waals surface area contributed by atoms with Gasteiger partial charge in [0.25, 0.3) is 0 Å². The Morgan fingerprint density at radius 2 is 1.85 bits per heavy atom. The van der Waals surface area contributed by atoms with E-state index in [0.29, 0.717) is 5.46 Å². The van der Waals surface area contributed by atoms with Crippen molar-refractivity contribution in [2.75, 3.05) is 7.11 Å². The summed E-state index contributed by atoms with van der Waals surface area (Å²) in [5.41, 5.74) is 2.07. The van der Waals surface area contributed by atoms with Crippen LogP contribution in [-0.4, -0.2) is 15.0 Å². The van der Waals surface area contributed by atoms with E-state index in [-0.39, 0.29) is 5.41 Å². The Labute approximate surface area is 81.5 Å². The summed E-state index contributed by atoms with van der Waals surface area (Å²) >= 11 is 0. The summed E-state index contributed by atoms with van der Waals surface area (Å²) in [6.45, 7) is 6.48. The van der Waals surface area contributed by atoms with Crippen molar-refractivity contribution in [3.8, 4) is 5.75 Å². The second-order valence-electron chi connectivity index (χ2n) is 4.21. The van der Waals surface area contributed by atoms with E-state index < -0.39 is 0 Å². The topological polar surface area (TPSA) is 9.23 Å². The van der Waals surface area contributed by atoms with Gasteiger partial charge >= 0.3 is 0 Å². The second-order valence-corrected chi connectivity index (χ2v) is 4.21. The van der Waals surface area contributed by atoms with Crippen LogP contribution in [0, 0.1) is 0 Å². The highest BCUT2D eigenvalue weighted by atomic mass is 16.5. The lowest BCUT2D eigenvalue weighted by molar-refractivity contribution is 0.417. The molecular formula is C11H15BO. The number of rotatable bonds is 1. The van der Waals surface area contributed by atoms with Gasteiger partial charge in [-0.05, 0) is 17.0 Å². The standard InChI is InChI=1S/C11H15BO/c1-11(2,3)8-5-6-10(13-4)9(12)7-8/h5-7H,1-4H3. The first kappa shape index (κ1) is 10.2. The van der Waals surface area contributed by atoms with E-state index >= 15 is 0 Å². The molecule has 0 N–H and O–H groups in total. The van der Waals surface area contributed by atoms with E-state index in [1.807, 2.05) is 12.1 Å². The lowest BCUT2D eigenvalue weighted by Gasteiger charge is -2.20. The third-order valence-electron chi connectivity index (χ3n) is 2.10. The zero-order valence-corrected chi connectivity index (χ0v) is 8.72. The zero-order chi connectivity index (χ0) is 10.1. The molecule has 1 nitrogen and oxygen atoms in total. The van der Waals surface area contributed by atoms with Crippen molar-refractivity contribution in [3.05, 3.63) is 23.8 Å². The first-order chi connectivity index (χ1) is 5.95. The van der Waals surface area contributed by atoms with Gasteiger partial charge in [0.05, 0.1) is 7.11 Å². The van der Waals surface area contributed by atoms with Gasteiger partial charge < -0.3 is 4.74 Å². The molecule has 0 spiro atoms. The molecule has 13 heavy (non-hydrogen) atoms. The summed E-state index contributed by atoms with van der Waals surface area (Å²) in [4.78, 5) is 0. The number of benzene rings is 1. The molecule has 0 aromatic heterocycles. The fourth-order valence-corrected chi connectivity index (χ4v) is 1.20. The van der Waals surface area contributed by atoms with Crippen LogP contribution in [0.15, 0.2) is 18.2 Å². The van der Waals surface area contributed by atoms with Gasteiger partial charge in [0.2, 0.25) is 0 Å². The van der Waals surface area contributed by atoms with E-state index in [2.05, 4.69) is 26.8 Å². The molecular weight excluding hydrogens is 159 g/mol. The summed E-state index contributed by atoms with van der Waals surface area (Å²) in [6, 6.07) is 5.93. The van der Waals surface area contributed by atoms with Gasteiger partial charge in [0, 0.05) is 0 Å². The minimum absolute atomic E-state index is 0.139. The van der Waals surface area contributed by atoms with Gasteiger partial charge in [-0.25, -0.2) is 0 Å². The van der Waals surface area contributed by atoms with Crippen LogP contribution >= 0.6 is 0 Å². The van der Waals surface area contributed by atoms with Gasteiger partial charge in [-0.3, -0.25) is 0 Å². The third kappa shape index (κ3) is 2.27. The normalized spacial score (nSPS) is 11.4. The van der Waals surface area contributed by atoms with Crippen molar-refractivity contribution in [2.45, 2.75) is 26.2 Å². The average molecular weight is 174 g/mol. The lowest BCUT2D eigenvalue weighted by atomic mass is 9.82. The van der Waals surface area contributed by atoms with E-state index in [9.17, 15) is 0 Å². The molecule has 0 unspecified atom stereocenters. The fraction of sp³-hybridized carbons (Fsp3) is 0.455. The predicted molar refractivity (Wildman–Crippen MR) is 57.1 cm³/mol. The van der Waals surface area contributed by atoms with Crippen LogP contribution in [0.2, 0.25) is 0 Å². The Bertz CT molecular complexity index is 299. The summed E-state index contributed by atoms with van der Waals surface area (Å²) < 4.78 is 5.09. The number of ether oxygens (including phenoxy) is 1.